The van der Waals surface area contributed by atoms with Crippen LogP contribution in [-0.2, 0) is 0 Å². The highest BCUT2D eigenvalue weighted by molar-refractivity contribution is 6.06. The minimum atomic E-state index is -0.00834. The summed E-state index contributed by atoms with van der Waals surface area (Å²) in [6, 6.07) is 28.0. The number of nitrogens with zero attached hydrogens (tertiary/aromatic N) is 2. The van der Waals surface area contributed by atoms with E-state index in [-0.39, 0.29) is 11.8 Å². The number of anilines is 1. The molecule has 160 valence electrons. The third-order valence-corrected chi connectivity index (χ3v) is 5.95. The summed E-state index contributed by atoms with van der Waals surface area (Å²) >= 11 is 0. The summed E-state index contributed by atoms with van der Waals surface area (Å²) in [5.41, 5.74) is 3.71. The number of phenolic OH excluding ortho intramolecular Hbond substituents is 1. The third kappa shape index (κ3) is 3.52. The fourth-order valence-electron chi connectivity index (χ4n) is 4.31. The van der Waals surface area contributed by atoms with Gasteiger partial charge in [0.25, 0.3) is 0 Å². The molecule has 0 spiro atoms. The van der Waals surface area contributed by atoms with Crippen LogP contribution in [0.15, 0.2) is 90.0 Å². The predicted octanol–water partition coefficient (Wildman–Crippen LogP) is 5.92. The number of rotatable bonds is 5. The van der Waals surface area contributed by atoms with Gasteiger partial charge in [0.15, 0.2) is 0 Å². The zero-order valence-electron chi connectivity index (χ0n) is 18.0. The first-order chi connectivity index (χ1) is 15.7. The van der Waals surface area contributed by atoms with Crippen molar-refractivity contribution in [1.29, 1.82) is 0 Å². The van der Waals surface area contributed by atoms with E-state index >= 15 is 0 Å². The molecule has 0 amide bonds. The van der Waals surface area contributed by atoms with E-state index in [1.165, 1.54) is 16.3 Å². The first-order valence-corrected chi connectivity index (χ1v) is 10.5. The maximum atomic E-state index is 10.6. The number of benzene rings is 4. The molecule has 1 heterocycles. The Kier molecular flexibility index (Phi) is 5.15. The zero-order valence-corrected chi connectivity index (χ0v) is 18.0. The van der Waals surface area contributed by atoms with Crippen molar-refractivity contribution in [2.45, 2.75) is 12.5 Å². The monoisotopic (exact) mass is 424 g/mol. The number of methoxy groups -OCH3 is 2. The number of phenols is 1. The molecule has 1 aliphatic heterocycles. The van der Waals surface area contributed by atoms with Gasteiger partial charge in [0, 0.05) is 18.1 Å². The Morgan fingerprint density at radius 1 is 0.844 bits per heavy atom. The van der Waals surface area contributed by atoms with E-state index < -0.39 is 0 Å². The third-order valence-electron chi connectivity index (χ3n) is 5.95. The summed E-state index contributed by atoms with van der Waals surface area (Å²) in [6.07, 6.45) is 0.667. The van der Waals surface area contributed by atoms with Crippen LogP contribution in [0.4, 0.5) is 5.69 Å². The Hall–Kier alpha value is -3.99. The minimum absolute atomic E-state index is 0.00834. The summed E-state index contributed by atoms with van der Waals surface area (Å²) in [5, 5.41) is 20.1. The average molecular weight is 425 g/mol. The van der Waals surface area contributed by atoms with Gasteiger partial charge in [0.1, 0.15) is 17.2 Å². The molecule has 5 rings (SSSR count). The lowest BCUT2D eigenvalue weighted by Crippen LogP contribution is -2.18. The van der Waals surface area contributed by atoms with Crippen LogP contribution in [0, 0.1) is 0 Å². The summed E-state index contributed by atoms with van der Waals surface area (Å²) in [7, 11) is 3.25. The van der Waals surface area contributed by atoms with Gasteiger partial charge in [0.2, 0.25) is 0 Å². The number of ether oxygens (including phenoxy) is 2. The van der Waals surface area contributed by atoms with Crippen molar-refractivity contribution in [2.75, 3.05) is 19.2 Å². The second-order valence-electron chi connectivity index (χ2n) is 7.76. The van der Waals surface area contributed by atoms with E-state index in [2.05, 4.69) is 42.5 Å². The lowest BCUT2D eigenvalue weighted by atomic mass is 9.93. The van der Waals surface area contributed by atoms with Gasteiger partial charge in [-0.25, -0.2) is 0 Å². The molecule has 5 heteroatoms. The van der Waals surface area contributed by atoms with Crippen molar-refractivity contribution in [2.24, 2.45) is 5.10 Å². The van der Waals surface area contributed by atoms with E-state index in [1.54, 1.807) is 20.3 Å². The van der Waals surface area contributed by atoms with Gasteiger partial charge in [-0.3, -0.25) is 5.01 Å². The maximum absolute atomic E-state index is 10.6. The molecule has 32 heavy (non-hydrogen) atoms. The fourth-order valence-corrected chi connectivity index (χ4v) is 4.31. The predicted molar refractivity (Wildman–Crippen MR) is 128 cm³/mol. The van der Waals surface area contributed by atoms with E-state index in [0.717, 1.165) is 17.1 Å². The number of hydrogen-bond donors (Lipinski definition) is 1. The van der Waals surface area contributed by atoms with Gasteiger partial charge in [-0.05, 0) is 52.7 Å². The quantitative estimate of drug-likeness (QED) is 0.432. The van der Waals surface area contributed by atoms with Gasteiger partial charge in [0.05, 0.1) is 31.7 Å². The highest BCUT2D eigenvalue weighted by Gasteiger charge is 2.32. The highest BCUT2D eigenvalue weighted by Crippen LogP contribution is 2.41. The van der Waals surface area contributed by atoms with E-state index in [0.29, 0.717) is 17.7 Å². The molecule has 0 saturated heterocycles. The summed E-state index contributed by atoms with van der Waals surface area (Å²) in [4.78, 5) is 0. The van der Waals surface area contributed by atoms with Crippen LogP contribution in [0.3, 0.4) is 0 Å². The van der Waals surface area contributed by atoms with Crippen LogP contribution >= 0.6 is 0 Å². The Bertz CT molecular complexity index is 1290. The molecule has 4 aromatic rings. The lowest BCUT2D eigenvalue weighted by Gasteiger charge is -2.25. The summed E-state index contributed by atoms with van der Waals surface area (Å²) in [6.45, 7) is 0. The van der Waals surface area contributed by atoms with E-state index in [9.17, 15) is 5.11 Å². The molecule has 1 N–H and O–H groups in total. The first-order valence-electron chi connectivity index (χ1n) is 10.5. The molecule has 4 aromatic carbocycles. The van der Waals surface area contributed by atoms with Gasteiger partial charge in [-0.15, -0.1) is 0 Å². The molecular formula is C27H24N2O3. The first kappa shape index (κ1) is 19.9. The Labute approximate surface area is 187 Å². The standard InChI is InChI=1S/C27H24N2O3/c1-31-20-12-10-19(11-13-20)29-26(23-9-5-7-18-6-3-4-8-22(18)23)17-25(28-29)24-15-14-21(32-2)16-27(24)30/h3-16,26,30H,17H2,1-2H3. The molecule has 5 nitrogen and oxygen atoms in total. The highest BCUT2D eigenvalue weighted by atomic mass is 16.5. The SMILES string of the molecule is COc1ccc(N2N=C(c3ccc(OC)cc3O)CC2c2cccc3ccccc23)cc1. The normalized spacial score (nSPS) is 15.6. The number of hydrazone groups is 1. The van der Waals surface area contributed by atoms with E-state index in [1.807, 2.05) is 41.4 Å². The maximum Gasteiger partial charge on any atom is 0.128 e. The molecule has 0 radical (unpaired) electrons. The Balaban J connectivity index is 1.62. The molecule has 0 saturated carbocycles. The van der Waals surface area contributed by atoms with Gasteiger partial charge in [-0.2, -0.15) is 5.10 Å². The van der Waals surface area contributed by atoms with Crippen molar-refractivity contribution in [1.82, 2.24) is 0 Å². The minimum Gasteiger partial charge on any atom is -0.507 e. The van der Waals surface area contributed by atoms with Crippen molar-refractivity contribution in [3.63, 3.8) is 0 Å². The summed E-state index contributed by atoms with van der Waals surface area (Å²) < 4.78 is 10.6. The molecule has 0 aromatic heterocycles. The number of hydrogen-bond acceptors (Lipinski definition) is 5. The Morgan fingerprint density at radius 3 is 2.31 bits per heavy atom. The van der Waals surface area contributed by atoms with Crippen LogP contribution in [0.2, 0.25) is 0 Å². The second-order valence-corrected chi connectivity index (χ2v) is 7.76. The molecular weight excluding hydrogens is 400 g/mol. The zero-order chi connectivity index (χ0) is 22.1. The van der Waals surface area contributed by atoms with Crippen molar-refractivity contribution < 1.29 is 14.6 Å². The van der Waals surface area contributed by atoms with E-state index in [4.69, 9.17) is 14.6 Å². The van der Waals surface area contributed by atoms with Crippen LogP contribution in [-0.4, -0.2) is 25.0 Å². The van der Waals surface area contributed by atoms with Crippen molar-refractivity contribution in [3.05, 3.63) is 96.1 Å². The molecule has 1 aliphatic rings. The lowest BCUT2D eigenvalue weighted by molar-refractivity contribution is 0.407. The van der Waals surface area contributed by atoms with Gasteiger partial charge >= 0.3 is 0 Å². The second kappa shape index (κ2) is 8.27. The van der Waals surface area contributed by atoms with Crippen LogP contribution in [0.1, 0.15) is 23.6 Å². The van der Waals surface area contributed by atoms with Crippen LogP contribution < -0.4 is 14.5 Å². The number of fused-ring (bicyclic) bond motifs is 1. The van der Waals surface area contributed by atoms with Crippen LogP contribution in [0.5, 0.6) is 17.2 Å². The molecule has 0 fully saturated rings. The van der Waals surface area contributed by atoms with Gasteiger partial charge < -0.3 is 14.6 Å². The molecule has 1 unspecified atom stereocenters. The average Bonchev–Trinajstić information content (AvgIpc) is 3.28. The molecule has 1 atom stereocenters. The number of aromatic hydroxyl groups is 1. The topological polar surface area (TPSA) is 54.3 Å². The Morgan fingerprint density at radius 2 is 1.56 bits per heavy atom. The van der Waals surface area contributed by atoms with Crippen molar-refractivity contribution in [3.8, 4) is 17.2 Å². The largest absolute Gasteiger partial charge is 0.507 e. The molecule has 0 aliphatic carbocycles. The smallest absolute Gasteiger partial charge is 0.128 e. The molecule has 0 bridgehead atoms. The van der Waals surface area contributed by atoms with Crippen molar-refractivity contribution >= 4 is 22.2 Å². The van der Waals surface area contributed by atoms with Crippen LogP contribution in [0.25, 0.3) is 10.8 Å². The summed E-state index contributed by atoms with van der Waals surface area (Å²) in [5.74, 6) is 1.57. The fraction of sp³-hybridized carbons (Fsp3) is 0.148. The van der Waals surface area contributed by atoms with Gasteiger partial charge in [-0.1, -0.05) is 42.5 Å².